The number of rotatable bonds is 2. The Kier molecular flexibility index (Phi) is 3.33. The molecule has 0 N–H and O–H groups in total. The van der Waals surface area contributed by atoms with Crippen LogP contribution in [0.4, 0.5) is 0 Å². The third kappa shape index (κ3) is 2.53. The van der Waals surface area contributed by atoms with E-state index in [0.717, 1.165) is 30.9 Å². The average Bonchev–Trinajstić information content (AvgIpc) is 3.09. The summed E-state index contributed by atoms with van der Waals surface area (Å²) >= 11 is 1.52. The van der Waals surface area contributed by atoms with Crippen LogP contribution in [0.1, 0.15) is 34.4 Å². The molecule has 3 rings (SSSR count). The van der Waals surface area contributed by atoms with Gasteiger partial charge in [0.15, 0.2) is 0 Å². The van der Waals surface area contributed by atoms with Gasteiger partial charge in [-0.1, -0.05) is 0 Å². The van der Waals surface area contributed by atoms with E-state index in [-0.39, 0.29) is 5.91 Å². The molecule has 19 heavy (non-hydrogen) atoms. The van der Waals surface area contributed by atoms with Crippen LogP contribution in [-0.2, 0) is 0 Å². The molecule has 0 aromatic carbocycles. The lowest BCUT2D eigenvalue weighted by Gasteiger charge is -2.32. The Morgan fingerprint density at radius 3 is 3.11 bits per heavy atom. The third-order valence-electron chi connectivity index (χ3n) is 3.47. The fourth-order valence-electron chi connectivity index (χ4n) is 2.49. The van der Waals surface area contributed by atoms with Crippen LogP contribution in [0.15, 0.2) is 24.1 Å². The van der Waals surface area contributed by atoms with Crippen LogP contribution in [-0.4, -0.2) is 38.4 Å². The van der Waals surface area contributed by atoms with Crippen LogP contribution in [0, 0.1) is 6.92 Å². The molecule has 0 saturated carbocycles. The minimum absolute atomic E-state index is 0.0502. The molecule has 0 spiro atoms. The maximum absolute atomic E-state index is 12.4. The summed E-state index contributed by atoms with van der Waals surface area (Å²) in [6, 6.07) is 0.333. The summed E-state index contributed by atoms with van der Waals surface area (Å²) in [6.07, 6.45) is 7.69. The molecule has 2 aromatic rings. The second-order valence-corrected chi connectivity index (χ2v) is 5.87. The van der Waals surface area contributed by atoms with Gasteiger partial charge in [0, 0.05) is 30.9 Å². The molecule has 1 aliphatic heterocycles. The normalized spacial score (nSPS) is 19.6. The van der Waals surface area contributed by atoms with E-state index in [4.69, 9.17) is 0 Å². The predicted molar refractivity (Wildman–Crippen MR) is 73.3 cm³/mol. The number of carbonyl (C=O) groups excluding carboxylic acids is 1. The van der Waals surface area contributed by atoms with E-state index in [9.17, 15) is 4.79 Å². The van der Waals surface area contributed by atoms with E-state index in [1.807, 2.05) is 29.7 Å². The quantitative estimate of drug-likeness (QED) is 0.844. The van der Waals surface area contributed by atoms with Gasteiger partial charge in [-0.15, -0.1) is 11.3 Å². The summed E-state index contributed by atoms with van der Waals surface area (Å²) in [5.41, 5.74) is 0.578. The van der Waals surface area contributed by atoms with Gasteiger partial charge in [-0.05, 0) is 19.8 Å². The highest BCUT2D eigenvalue weighted by Crippen LogP contribution is 2.22. The van der Waals surface area contributed by atoms with Crippen molar-refractivity contribution >= 4 is 17.2 Å². The fraction of sp³-hybridized carbons (Fsp3) is 0.462. The first-order valence-corrected chi connectivity index (χ1v) is 7.31. The molecule has 1 aliphatic rings. The van der Waals surface area contributed by atoms with Gasteiger partial charge in [0.2, 0.25) is 0 Å². The number of aryl methyl sites for hydroxylation is 1. The van der Waals surface area contributed by atoms with Crippen molar-refractivity contribution < 1.29 is 4.79 Å². The van der Waals surface area contributed by atoms with Gasteiger partial charge < -0.3 is 9.47 Å². The van der Waals surface area contributed by atoms with E-state index < -0.39 is 0 Å². The second kappa shape index (κ2) is 5.13. The summed E-state index contributed by atoms with van der Waals surface area (Å²) in [4.78, 5) is 22.6. The van der Waals surface area contributed by atoms with E-state index in [1.165, 1.54) is 11.3 Å². The summed E-state index contributed by atoms with van der Waals surface area (Å²) < 4.78 is 2.09. The molecule has 0 bridgehead atoms. The lowest BCUT2D eigenvalue weighted by molar-refractivity contribution is 0.0674. The Morgan fingerprint density at radius 2 is 2.42 bits per heavy atom. The smallest absolute Gasteiger partial charge is 0.273 e. The van der Waals surface area contributed by atoms with Gasteiger partial charge in [-0.2, -0.15) is 0 Å². The molecule has 1 atom stereocenters. The molecule has 0 aliphatic carbocycles. The third-order valence-corrected chi connectivity index (χ3v) is 4.24. The van der Waals surface area contributed by atoms with Crippen molar-refractivity contribution in [1.29, 1.82) is 0 Å². The average molecular weight is 276 g/mol. The molecule has 0 unspecified atom stereocenters. The number of aromatic nitrogens is 3. The Hall–Kier alpha value is -1.69. The number of piperidine rings is 1. The highest BCUT2D eigenvalue weighted by Gasteiger charge is 2.26. The van der Waals surface area contributed by atoms with Gasteiger partial charge in [0.05, 0.1) is 17.4 Å². The van der Waals surface area contributed by atoms with E-state index in [0.29, 0.717) is 11.7 Å². The number of imidazole rings is 1. The topological polar surface area (TPSA) is 51.0 Å². The molecule has 5 nitrogen and oxygen atoms in total. The maximum atomic E-state index is 12.4. The van der Waals surface area contributed by atoms with Crippen LogP contribution in [0.5, 0.6) is 0 Å². The predicted octanol–water partition coefficient (Wildman–Crippen LogP) is 2.13. The highest BCUT2D eigenvalue weighted by atomic mass is 32.1. The van der Waals surface area contributed by atoms with Crippen LogP contribution in [0.25, 0.3) is 0 Å². The minimum Gasteiger partial charge on any atom is -0.335 e. The Balaban J connectivity index is 1.73. The first kappa shape index (κ1) is 12.3. The lowest BCUT2D eigenvalue weighted by atomic mass is 10.1. The highest BCUT2D eigenvalue weighted by molar-refractivity contribution is 7.09. The van der Waals surface area contributed by atoms with Crippen LogP contribution in [0.3, 0.4) is 0 Å². The molecule has 1 fully saturated rings. The van der Waals surface area contributed by atoms with Crippen molar-refractivity contribution in [2.75, 3.05) is 13.1 Å². The molecular weight excluding hydrogens is 260 g/mol. The first-order chi connectivity index (χ1) is 9.24. The fourth-order valence-corrected chi connectivity index (χ4v) is 3.08. The second-order valence-electron chi connectivity index (χ2n) is 4.81. The zero-order chi connectivity index (χ0) is 13.2. The number of thiazole rings is 1. The zero-order valence-corrected chi connectivity index (χ0v) is 11.6. The van der Waals surface area contributed by atoms with Crippen molar-refractivity contribution in [2.45, 2.75) is 25.8 Å². The number of carbonyl (C=O) groups is 1. The van der Waals surface area contributed by atoms with Crippen molar-refractivity contribution in [3.05, 3.63) is 34.8 Å². The molecular formula is C13H16N4OS. The monoisotopic (exact) mass is 276 g/mol. The number of likely N-dealkylation sites (tertiary alicyclic amines) is 1. The molecule has 0 radical (unpaired) electrons. The largest absolute Gasteiger partial charge is 0.335 e. The van der Waals surface area contributed by atoms with Gasteiger partial charge in [-0.3, -0.25) is 4.79 Å². The maximum Gasteiger partial charge on any atom is 0.273 e. The van der Waals surface area contributed by atoms with Gasteiger partial charge in [0.25, 0.3) is 5.91 Å². The van der Waals surface area contributed by atoms with Gasteiger partial charge in [-0.25, -0.2) is 9.97 Å². The lowest BCUT2D eigenvalue weighted by Crippen LogP contribution is -2.40. The Bertz CT molecular complexity index is 563. The molecule has 3 heterocycles. The number of nitrogens with zero attached hydrogens (tertiary/aromatic N) is 4. The van der Waals surface area contributed by atoms with Crippen molar-refractivity contribution in [2.24, 2.45) is 0 Å². The van der Waals surface area contributed by atoms with Crippen LogP contribution < -0.4 is 0 Å². The molecule has 100 valence electrons. The summed E-state index contributed by atoms with van der Waals surface area (Å²) in [7, 11) is 0. The Morgan fingerprint density at radius 1 is 1.53 bits per heavy atom. The molecule has 2 aromatic heterocycles. The van der Waals surface area contributed by atoms with E-state index in [2.05, 4.69) is 14.5 Å². The molecule has 6 heteroatoms. The molecule has 1 saturated heterocycles. The Labute approximate surface area is 115 Å². The number of hydrogen-bond donors (Lipinski definition) is 0. The number of amides is 1. The van der Waals surface area contributed by atoms with Crippen molar-refractivity contribution in [1.82, 2.24) is 19.4 Å². The van der Waals surface area contributed by atoms with Gasteiger partial charge >= 0.3 is 0 Å². The standard InChI is InChI=1S/C13H16N4OS/c1-10-15-12(8-19-10)13(18)16-5-2-3-11(7-16)17-6-4-14-9-17/h4,6,8-9,11H,2-3,5,7H2,1H3/t11-/m1/s1. The van der Waals surface area contributed by atoms with Crippen LogP contribution in [0.2, 0.25) is 0 Å². The zero-order valence-electron chi connectivity index (χ0n) is 10.8. The SMILES string of the molecule is Cc1nc(C(=O)N2CCC[C@@H](n3ccnc3)C2)cs1. The van der Waals surface area contributed by atoms with Crippen LogP contribution >= 0.6 is 11.3 Å². The summed E-state index contributed by atoms with van der Waals surface area (Å²) in [6.45, 7) is 3.48. The van der Waals surface area contributed by atoms with Crippen molar-refractivity contribution in [3.63, 3.8) is 0 Å². The number of hydrogen-bond acceptors (Lipinski definition) is 4. The summed E-state index contributed by atoms with van der Waals surface area (Å²) in [5.74, 6) is 0.0502. The van der Waals surface area contributed by atoms with Gasteiger partial charge in [0.1, 0.15) is 5.69 Å². The minimum atomic E-state index is 0.0502. The summed E-state index contributed by atoms with van der Waals surface area (Å²) in [5, 5.41) is 2.78. The first-order valence-electron chi connectivity index (χ1n) is 6.43. The van der Waals surface area contributed by atoms with E-state index >= 15 is 0 Å². The van der Waals surface area contributed by atoms with E-state index in [1.54, 1.807) is 6.20 Å². The van der Waals surface area contributed by atoms with Crippen molar-refractivity contribution in [3.8, 4) is 0 Å². The molecule has 1 amide bonds.